The fourth-order valence-electron chi connectivity index (χ4n) is 2.36. The van der Waals surface area contributed by atoms with Gasteiger partial charge in [0.05, 0.1) is 17.3 Å². The van der Waals surface area contributed by atoms with Gasteiger partial charge in [0.1, 0.15) is 0 Å². The van der Waals surface area contributed by atoms with Gasteiger partial charge in [0.25, 0.3) is 5.91 Å². The van der Waals surface area contributed by atoms with Crippen molar-refractivity contribution < 1.29 is 14.3 Å². The van der Waals surface area contributed by atoms with Crippen LogP contribution >= 0.6 is 0 Å². The Kier molecular flexibility index (Phi) is 5.91. The molecule has 1 aromatic heterocycles. The largest absolute Gasteiger partial charge is 0.449 e. The second-order valence-electron chi connectivity index (χ2n) is 5.80. The van der Waals surface area contributed by atoms with Crippen molar-refractivity contribution in [2.45, 2.75) is 26.9 Å². The van der Waals surface area contributed by atoms with Crippen LogP contribution in [0.4, 0.5) is 5.69 Å². The van der Waals surface area contributed by atoms with Crippen molar-refractivity contribution >= 4 is 23.6 Å². The minimum absolute atomic E-state index is 0.428. The van der Waals surface area contributed by atoms with Crippen molar-refractivity contribution in [2.24, 2.45) is 7.05 Å². The van der Waals surface area contributed by atoms with Gasteiger partial charge in [-0.3, -0.25) is 9.48 Å². The van der Waals surface area contributed by atoms with Gasteiger partial charge in [-0.2, -0.15) is 10.4 Å². The highest BCUT2D eigenvalue weighted by Gasteiger charge is 2.17. The van der Waals surface area contributed by atoms with Gasteiger partial charge in [-0.25, -0.2) is 4.79 Å². The van der Waals surface area contributed by atoms with Gasteiger partial charge in [0.15, 0.2) is 6.10 Å². The molecule has 0 aliphatic carbocycles. The highest BCUT2D eigenvalue weighted by atomic mass is 16.5. The number of amides is 1. The Morgan fingerprint density at radius 1 is 1.38 bits per heavy atom. The summed E-state index contributed by atoms with van der Waals surface area (Å²) in [4.78, 5) is 24.1. The number of anilines is 1. The Morgan fingerprint density at radius 3 is 2.73 bits per heavy atom. The van der Waals surface area contributed by atoms with Crippen LogP contribution in [-0.2, 0) is 21.4 Å². The van der Waals surface area contributed by atoms with E-state index >= 15 is 0 Å². The van der Waals surface area contributed by atoms with Crippen LogP contribution < -0.4 is 5.32 Å². The summed E-state index contributed by atoms with van der Waals surface area (Å²) >= 11 is 0. The minimum atomic E-state index is -0.978. The van der Waals surface area contributed by atoms with Crippen molar-refractivity contribution in [1.82, 2.24) is 9.78 Å². The van der Waals surface area contributed by atoms with Crippen molar-refractivity contribution in [3.8, 4) is 6.07 Å². The average molecular weight is 352 g/mol. The number of hydrogen-bond donors (Lipinski definition) is 1. The molecule has 1 amide bonds. The highest BCUT2D eigenvalue weighted by Crippen LogP contribution is 2.14. The molecule has 2 aromatic rings. The Bertz CT molecular complexity index is 906. The molecule has 0 aliphatic heterocycles. The number of benzene rings is 1. The summed E-state index contributed by atoms with van der Waals surface area (Å²) in [5.41, 5.74) is 3.47. The van der Waals surface area contributed by atoms with Crippen molar-refractivity contribution in [1.29, 1.82) is 5.26 Å². The van der Waals surface area contributed by atoms with Crippen molar-refractivity contribution in [3.63, 3.8) is 0 Å². The number of ether oxygens (including phenoxy) is 1. The summed E-state index contributed by atoms with van der Waals surface area (Å²) < 4.78 is 6.85. The second kappa shape index (κ2) is 8.12. The third-order valence-electron chi connectivity index (χ3n) is 3.87. The summed E-state index contributed by atoms with van der Waals surface area (Å²) in [7, 11) is 1.83. The van der Waals surface area contributed by atoms with Crippen LogP contribution in [-0.4, -0.2) is 27.8 Å². The van der Waals surface area contributed by atoms with Gasteiger partial charge >= 0.3 is 5.97 Å². The standard InChI is InChI=1S/C19H20N4O3/c1-12-17(13(2)23(4)22-12)8-9-18(24)26-14(3)19(25)21-16-7-5-6-15(10-16)11-20/h5-10,14H,1-4H3,(H,21,25)/b9-8+/t14-/m1/s1. The number of rotatable bonds is 5. The zero-order chi connectivity index (χ0) is 19.3. The van der Waals surface area contributed by atoms with E-state index in [1.54, 1.807) is 35.0 Å². The molecule has 7 nitrogen and oxygen atoms in total. The Balaban J connectivity index is 1.96. The smallest absolute Gasteiger partial charge is 0.331 e. The highest BCUT2D eigenvalue weighted by molar-refractivity contribution is 5.96. The number of esters is 1. The lowest BCUT2D eigenvalue weighted by Gasteiger charge is -2.12. The number of carbonyl (C=O) groups is 2. The SMILES string of the molecule is Cc1nn(C)c(C)c1/C=C/C(=O)O[C@H](C)C(=O)Nc1cccc(C#N)c1. The molecule has 1 heterocycles. The first-order chi connectivity index (χ1) is 12.3. The zero-order valence-corrected chi connectivity index (χ0v) is 15.1. The molecule has 0 saturated heterocycles. The summed E-state index contributed by atoms with van der Waals surface area (Å²) in [5, 5.41) is 15.7. The molecule has 1 N–H and O–H groups in total. The predicted molar refractivity (Wildman–Crippen MR) is 97.1 cm³/mol. The monoisotopic (exact) mass is 352 g/mol. The fraction of sp³-hybridized carbons (Fsp3) is 0.263. The molecule has 0 spiro atoms. The van der Waals surface area contributed by atoms with Crippen LogP contribution in [0.2, 0.25) is 0 Å². The van der Waals surface area contributed by atoms with E-state index in [1.807, 2.05) is 27.0 Å². The molecule has 0 unspecified atom stereocenters. The van der Waals surface area contributed by atoms with Gasteiger partial charge in [0, 0.05) is 30.1 Å². The lowest BCUT2D eigenvalue weighted by molar-refractivity contribution is -0.148. The van der Waals surface area contributed by atoms with E-state index in [0.29, 0.717) is 11.3 Å². The van der Waals surface area contributed by atoms with Crippen LogP contribution in [0.15, 0.2) is 30.3 Å². The summed E-state index contributed by atoms with van der Waals surface area (Å²) in [6.45, 7) is 5.23. The number of nitrogens with zero attached hydrogens (tertiary/aromatic N) is 3. The predicted octanol–water partition coefficient (Wildman–Crippen LogP) is 2.49. The number of carbonyl (C=O) groups excluding carboxylic acids is 2. The molecule has 0 radical (unpaired) electrons. The van der Waals surface area contributed by atoms with Crippen molar-refractivity contribution in [3.05, 3.63) is 52.9 Å². The first kappa shape index (κ1) is 18.9. The molecule has 0 fully saturated rings. The average Bonchev–Trinajstić information content (AvgIpc) is 2.85. The number of nitriles is 1. The Labute approximate surface area is 151 Å². The molecule has 0 aliphatic rings. The molecule has 1 aromatic carbocycles. The van der Waals surface area contributed by atoms with Gasteiger partial charge in [-0.1, -0.05) is 6.07 Å². The van der Waals surface area contributed by atoms with Gasteiger partial charge in [-0.05, 0) is 45.0 Å². The zero-order valence-electron chi connectivity index (χ0n) is 15.1. The third kappa shape index (κ3) is 4.57. The maximum Gasteiger partial charge on any atom is 0.331 e. The molecule has 1 atom stereocenters. The second-order valence-corrected chi connectivity index (χ2v) is 5.80. The summed E-state index contributed by atoms with van der Waals surface area (Å²) in [6.07, 6.45) is 1.92. The van der Waals surface area contributed by atoms with E-state index < -0.39 is 18.0 Å². The van der Waals surface area contributed by atoms with Gasteiger partial charge in [0.2, 0.25) is 0 Å². The lowest BCUT2D eigenvalue weighted by Crippen LogP contribution is -2.29. The molecule has 7 heteroatoms. The number of hydrogen-bond acceptors (Lipinski definition) is 5. The van der Waals surface area contributed by atoms with E-state index in [-0.39, 0.29) is 0 Å². The Morgan fingerprint density at radius 2 is 2.12 bits per heavy atom. The van der Waals surface area contributed by atoms with E-state index in [2.05, 4.69) is 10.4 Å². The summed E-state index contributed by atoms with van der Waals surface area (Å²) in [6, 6.07) is 8.48. The van der Waals surface area contributed by atoms with E-state index in [4.69, 9.17) is 10.00 Å². The quantitative estimate of drug-likeness (QED) is 0.659. The molecule has 0 bridgehead atoms. The maximum atomic E-state index is 12.1. The number of aryl methyl sites for hydroxylation is 2. The molecular formula is C19H20N4O3. The third-order valence-corrected chi connectivity index (χ3v) is 3.87. The minimum Gasteiger partial charge on any atom is -0.449 e. The van der Waals surface area contributed by atoms with Gasteiger partial charge < -0.3 is 10.1 Å². The molecule has 26 heavy (non-hydrogen) atoms. The van der Waals surface area contributed by atoms with Crippen LogP contribution in [0.1, 0.15) is 29.4 Å². The van der Waals surface area contributed by atoms with Crippen LogP contribution in [0.5, 0.6) is 0 Å². The van der Waals surface area contributed by atoms with Crippen LogP contribution in [0.3, 0.4) is 0 Å². The van der Waals surface area contributed by atoms with E-state index in [9.17, 15) is 9.59 Å². The summed E-state index contributed by atoms with van der Waals surface area (Å²) in [5.74, 6) is -1.10. The molecular weight excluding hydrogens is 332 g/mol. The number of aromatic nitrogens is 2. The van der Waals surface area contributed by atoms with E-state index in [0.717, 1.165) is 17.0 Å². The topological polar surface area (TPSA) is 97.0 Å². The lowest BCUT2D eigenvalue weighted by atomic mass is 10.2. The normalized spacial score (nSPS) is 11.8. The van der Waals surface area contributed by atoms with Crippen LogP contribution in [0, 0.1) is 25.2 Å². The van der Waals surface area contributed by atoms with Crippen molar-refractivity contribution in [2.75, 3.05) is 5.32 Å². The Hall–Kier alpha value is -3.40. The van der Waals surface area contributed by atoms with E-state index in [1.165, 1.54) is 13.0 Å². The number of nitrogens with one attached hydrogen (secondary N) is 1. The first-order valence-electron chi connectivity index (χ1n) is 8.01. The maximum absolute atomic E-state index is 12.1. The fourth-order valence-corrected chi connectivity index (χ4v) is 2.36. The van der Waals surface area contributed by atoms with Crippen LogP contribution in [0.25, 0.3) is 6.08 Å². The molecule has 134 valence electrons. The first-order valence-corrected chi connectivity index (χ1v) is 8.01. The molecule has 0 saturated carbocycles. The van der Waals surface area contributed by atoms with Gasteiger partial charge in [-0.15, -0.1) is 0 Å². The molecule has 2 rings (SSSR count).